The fourth-order valence-corrected chi connectivity index (χ4v) is 8.90. The van der Waals surface area contributed by atoms with Crippen LogP contribution in [0.4, 0.5) is 0 Å². The van der Waals surface area contributed by atoms with Crippen molar-refractivity contribution in [2.24, 2.45) is 0 Å². The third-order valence-corrected chi connectivity index (χ3v) is 11.3. The number of rotatable bonds is 6. The van der Waals surface area contributed by atoms with Crippen molar-refractivity contribution in [3.63, 3.8) is 0 Å². The van der Waals surface area contributed by atoms with Gasteiger partial charge in [0.2, 0.25) is 0 Å². The second-order valence-corrected chi connectivity index (χ2v) is 13.2. The Hall–Kier alpha value is 0.749. The molecule has 160 valence electrons. The van der Waals surface area contributed by atoms with Gasteiger partial charge in [0.15, 0.2) is 0 Å². The van der Waals surface area contributed by atoms with Gasteiger partial charge in [0.1, 0.15) is 0 Å². The summed E-state index contributed by atoms with van der Waals surface area (Å²) in [5.74, 6) is 0. The van der Waals surface area contributed by atoms with E-state index in [1.807, 2.05) is 0 Å². The van der Waals surface area contributed by atoms with Gasteiger partial charge in [0.25, 0.3) is 0 Å². The van der Waals surface area contributed by atoms with Crippen LogP contribution in [-0.4, -0.2) is 29.6 Å². The fraction of sp³-hybridized carbons (Fsp3) is 0.727. The second kappa shape index (κ2) is 16.4. The minimum atomic E-state index is 0.123. The molecule has 0 aliphatic heterocycles. The number of halogens is 1. The predicted molar refractivity (Wildman–Crippen MR) is 125 cm³/mol. The summed E-state index contributed by atoms with van der Waals surface area (Å²) in [6.45, 7) is 9.54. The van der Waals surface area contributed by atoms with Crippen LogP contribution in [0, 0.1) is 6.65 Å². The van der Waals surface area contributed by atoms with E-state index in [9.17, 15) is 0 Å². The molecular formula is C22H36BrFeNOP2. The predicted octanol–water partition coefficient (Wildman–Crippen LogP) is 7.51. The van der Waals surface area contributed by atoms with Gasteiger partial charge in [-0.1, -0.05) is 44.6 Å². The Kier molecular flexibility index (Phi) is 15.7. The Morgan fingerprint density at radius 2 is 1.21 bits per heavy atom. The molecular weight excluding hydrogens is 492 g/mol. The average molecular weight is 528 g/mol. The van der Waals surface area contributed by atoms with Crippen molar-refractivity contribution < 1.29 is 18.9 Å². The van der Waals surface area contributed by atoms with Crippen molar-refractivity contribution in [3.05, 3.63) is 36.2 Å². The first-order valence-corrected chi connectivity index (χ1v) is 17.4. The molecule has 0 N–H and O–H groups in total. The molecule has 1 aromatic rings. The monoisotopic (exact) mass is 527 g/mol. The van der Waals surface area contributed by atoms with E-state index in [2.05, 4.69) is 66.5 Å². The zero-order valence-electron chi connectivity index (χ0n) is 17.4. The second-order valence-electron chi connectivity index (χ2n) is 8.03. The van der Waals surface area contributed by atoms with Crippen LogP contribution in [0.2, 0.25) is 0 Å². The summed E-state index contributed by atoms with van der Waals surface area (Å²) in [7, 11) is 0.246. The van der Waals surface area contributed by atoms with Gasteiger partial charge >= 0.3 is 39.6 Å². The molecule has 2 unspecified atom stereocenters. The Labute approximate surface area is 190 Å². The van der Waals surface area contributed by atoms with Gasteiger partial charge in [-0.2, -0.15) is 0 Å². The number of hydrogen-bond acceptors (Lipinski definition) is 1. The van der Waals surface area contributed by atoms with Crippen LogP contribution < -0.4 is 0 Å². The van der Waals surface area contributed by atoms with Gasteiger partial charge in [-0.3, -0.25) is 4.98 Å². The molecule has 2 aliphatic rings. The molecule has 2 fully saturated rings. The molecule has 1 aromatic heterocycles. The Morgan fingerprint density at radius 1 is 0.857 bits per heavy atom. The van der Waals surface area contributed by atoms with Gasteiger partial charge in [0.05, 0.1) is 0 Å². The fourth-order valence-electron chi connectivity index (χ4n) is 4.52. The molecule has 0 spiro atoms. The molecule has 0 aromatic carbocycles. The van der Waals surface area contributed by atoms with E-state index in [0.29, 0.717) is 0 Å². The number of aromatic nitrogens is 1. The number of nitrogens with zero attached hydrogens (tertiary/aromatic N) is 1. The van der Waals surface area contributed by atoms with E-state index in [-0.39, 0.29) is 15.8 Å². The summed E-state index contributed by atoms with van der Waals surface area (Å²) in [6, 6.07) is 6.83. The summed E-state index contributed by atoms with van der Waals surface area (Å²) in [4.78, 5) is 5.07. The molecule has 28 heavy (non-hydrogen) atoms. The summed E-state index contributed by atoms with van der Waals surface area (Å²) < 4.78 is 7.50. The Balaban J connectivity index is 0.000000921. The van der Waals surface area contributed by atoms with Crippen LogP contribution in [-0.2, 0) is 31.2 Å². The first-order chi connectivity index (χ1) is 13.7. The third kappa shape index (κ3) is 9.70. The van der Waals surface area contributed by atoms with Gasteiger partial charge in [0, 0.05) is 23.7 Å². The average Bonchev–Trinajstić information content (AvgIpc) is 2.78. The van der Waals surface area contributed by atoms with Gasteiger partial charge in [-0.15, -0.1) is 15.8 Å². The first-order valence-electron chi connectivity index (χ1n) is 10.4. The maximum atomic E-state index is 7.50. The Bertz CT molecular complexity index is 507. The Morgan fingerprint density at radius 3 is 1.57 bits per heavy atom. The van der Waals surface area contributed by atoms with Crippen molar-refractivity contribution in [1.29, 1.82) is 0 Å². The van der Waals surface area contributed by atoms with Gasteiger partial charge < -0.3 is 0 Å². The normalized spacial score (nSPS) is 20.1. The molecule has 0 radical (unpaired) electrons. The molecule has 2 saturated carbocycles. The van der Waals surface area contributed by atoms with Crippen molar-refractivity contribution in [1.82, 2.24) is 4.98 Å². The van der Waals surface area contributed by atoms with Crippen LogP contribution in [0.25, 0.3) is 0 Å². The maximum absolute atomic E-state index is 7.50. The van der Waals surface area contributed by atoms with E-state index in [1.54, 1.807) is 0 Å². The number of hydrogen-bond donors (Lipinski definition) is 0. The van der Waals surface area contributed by atoms with Crippen LogP contribution in [0.1, 0.15) is 75.6 Å². The summed E-state index contributed by atoms with van der Waals surface area (Å²) in [5, 5.41) is 0. The van der Waals surface area contributed by atoms with Crippen molar-refractivity contribution in [3.8, 4) is 0 Å². The summed E-state index contributed by atoms with van der Waals surface area (Å²) in [6.07, 6.45) is 17.2. The zero-order valence-corrected chi connectivity index (χ0v) is 21.9. The van der Waals surface area contributed by atoms with Crippen molar-refractivity contribution in [2.45, 2.75) is 87.9 Å². The van der Waals surface area contributed by atoms with Gasteiger partial charge in [-0.05, 0) is 62.5 Å². The molecule has 0 bridgehead atoms. The molecule has 6 heteroatoms. The topological polar surface area (TPSA) is 32.8 Å². The zero-order chi connectivity index (χ0) is 20.8. The van der Waals surface area contributed by atoms with Gasteiger partial charge in [-0.25, -0.2) is 0 Å². The summed E-state index contributed by atoms with van der Waals surface area (Å²) in [5.41, 5.74) is 4.76. The quantitative estimate of drug-likeness (QED) is 0.163. The molecule has 2 atom stereocenters. The standard InChI is InChI=1S/C21H35NP2.CO.BrH.Fe.H/c1-23(20-12-5-3-6-13-20)16-18-10-9-11-19(22-18)17-24(2)21-14-7-4-8-15-21;1-2;;;/h9-11,20-21H,3-8,12-17H2,1-2H3;;1H;;/q;;;+1;/p-1. The molecule has 3 rings (SSSR count). The van der Waals surface area contributed by atoms with Crippen molar-refractivity contribution in [2.75, 3.05) is 13.3 Å². The molecule has 1 heterocycles. The van der Waals surface area contributed by atoms with Crippen LogP contribution in [0.15, 0.2) is 18.2 Å². The van der Waals surface area contributed by atoms with E-state index in [1.165, 1.54) is 87.9 Å². The van der Waals surface area contributed by atoms with E-state index in [0.717, 1.165) is 11.3 Å². The molecule has 0 amide bonds. The van der Waals surface area contributed by atoms with Crippen LogP contribution in [0.5, 0.6) is 0 Å². The molecule has 0 saturated heterocycles. The summed E-state index contributed by atoms with van der Waals surface area (Å²) >= 11 is 5.50. The van der Waals surface area contributed by atoms with Crippen LogP contribution in [0.3, 0.4) is 0 Å². The van der Waals surface area contributed by atoms with E-state index >= 15 is 0 Å². The van der Waals surface area contributed by atoms with Crippen molar-refractivity contribution >= 4 is 30.0 Å². The number of pyridine rings is 1. The minimum absolute atomic E-state index is 0.123. The molecule has 2 aliphatic carbocycles. The van der Waals surface area contributed by atoms with E-state index < -0.39 is 0 Å². The SMILES string of the molecule is CP(Cc1cccc(CP(C)C2CCCCC2)n1)C1CCCCC1.[C-]#[O+].[FeH][Br]. The molecule has 2 nitrogen and oxygen atoms in total. The van der Waals surface area contributed by atoms with Crippen LogP contribution >= 0.6 is 30.0 Å². The van der Waals surface area contributed by atoms with E-state index in [4.69, 9.17) is 9.64 Å². The first kappa shape index (κ1) is 26.8. The third-order valence-electron chi connectivity index (χ3n) is 6.08.